The molecule has 0 radical (unpaired) electrons. The van der Waals surface area contributed by atoms with Gasteiger partial charge in [0.15, 0.2) is 0 Å². The van der Waals surface area contributed by atoms with Crippen molar-refractivity contribution in [3.63, 3.8) is 0 Å². The second kappa shape index (κ2) is 4.41. The number of fused-ring (bicyclic) bond motifs is 1. The molecule has 2 heterocycles. The molecule has 17 heavy (non-hydrogen) atoms. The SMILES string of the molecule is Nc1ccc2ccn(CC3CCOCC3)c2c1. The first-order valence-corrected chi connectivity index (χ1v) is 6.25. The van der Waals surface area contributed by atoms with Gasteiger partial charge in [-0.05, 0) is 42.3 Å². The Labute approximate surface area is 101 Å². The van der Waals surface area contributed by atoms with Crippen molar-refractivity contribution >= 4 is 16.6 Å². The molecule has 0 amide bonds. The lowest BCUT2D eigenvalue weighted by atomic mass is 10.0. The molecule has 1 saturated heterocycles. The van der Waals surface area contributed by atoms with E-state index >= 15 is 0 Å². The van der Waals surface area contributed by atoms with E-state index in [0.717, 1.165) is 31.4 Å². The summed E-state index contributed by atoms with van der Waals surface area (Å²) < 4.78 is 7.72. The van der Waals surface area contributed by atoms with Gasteiger partial charge in [-0.25, -0.2) is 0 Å². The summed E-state index contributed by atoms with van der Waals surface area (Å²) in [6, 6.07) is 8.27. The molecule has 1 aliphatic rings. The molecule has 3 heteroatoms. The van der Waals surface area contributed by atoms with Crippen LogP contribution in [0.25, 0.3) is 10.9 Å². The topological polar surface area (TPSA) is 40.2 Å². The summed E-state index contributed by atoms with van der Waals surface area (Å²) in [5.41, 5.74) is 7.94. The van der Waals surface area contributed by atoms with Crippen molar-refractivity contribution in [3.8, 4) is 0 Å². The van der Waals surface area contributed by atoms with Crippen molar-refractivity contribution in [2.75, 3.05) is 18.9 Å². The van der Waals surface area contributed by atoms with Crippen LogP contribution in [0.15, 0.2) is 30.5 Å². The van der Waals surface area contributed by atoms with Crippen LogP contribution in [0.3, 0.4) is 0 Å². The molecule has 0 saturated carbocycles. The summed E-state index contributed by atoms with van der Waals surface area (Å²) in [5.74, 6) is 0.737. The van der Waals surface area contributed by atoms with E-state index < -0.39 is 0 Å². The van der Waals surface area contributed by atoms with Crippen LogP contribution in [0, 0.1) is 5.92 Å². The molecule has 1 aromatic heterocycles. The lowest BCUT2D eigenvalue weighted by Gasteiger charge is -2.22. The number of hydrogen-bond acceptors (Lipinski definition) is 2. The van der Waals surface area contributed by atoms with E-state index in [0.29, 0.717) is 0 Å². The van der Waals surface area contributed by atoms with Gasteiger partial charge in [-0.1, -0.05) is 6.07 Å². The molecule has 0 spiro atoms. The summed E-state index contributed by atoms with van der Waals surface area (Å²) in [7, 11) is 0. The summed E-state index contributed by atoms with van der Waals surface area (Å²) in [4.78, 5) is 0. The number of nitrogens with zero attached hydrogens (tertiary/aromatic N) is 1. The fourth-order valence-corrected chi connectivity index (χ4v) is 2.57. The number of rotatable bonds is 2. The normalized spacial score (nSPS) is 17.6. The Balaban J connectivity index is 1.86. The fourth-order valence-electron chi connectivity index (χ4n) is 2.57. The summed E-state index contributed by atoms with van der Waals surface area (Å²) in [5, 5.41) is 1.27. The molecule has 3 nitrogen and oxygen atoms in total. The first kappa shape index (κ1) is 10.7. The number of nitrogen functional groups attached to an aromatic ring is 1. The van der Waals surface area contributed by atoms with Crippen LogP contribution in [0.5, 0.6) is 0 Å². The number of aromatic nitrogens is 1. The minimum absolute atomic E-state index is 0.737. The minimum atomic E-state index is 0.737. The Hall–Kier alpha value is -1.48. The van der Waals surface area contributed by atoms with E-state index in [2.05, 4.69) is 29.0 Å². The standard InChI is InChI=1S/C14H18N2O/c15-13-2-1-12-3-6-16(14(12)9-13)10-11-4-7-17-8-5-11/h1-3,6,9,11H,4-5,7-8,10,15H2. The monoisotopic (exact) mass is 230 g/mol. The van der Waals surface area contributed by atoms with Gasteiger partial charge in [-0.3, -0.25) is 0 Å². The predicted molar refractivity (Wildman–Crippen MR) is 69.9 cm³/mol. The molecule has 3 rings (SSSR count). The molecule has 0 bridgehead atoms. The van der Waals surface area contributed by atoms with Gasteiger partial charge >= 0.3 is 0 Å². The van der Waals surface area contributed by atoms with Crippen LogP contribution in [0.4, 0.5) is 5.69 Å². The summed E-state index contributed by atoms with van der Waals surface area (Å²) in [6.07, 6.45) is 4.50. The highest BCUT2D eigenvalue weighted by Crippen LogP contribution is 2.23. The lowest BCUT2D eigenvalue weighted by molar-refractivity contribution is 0.0616. The van der Waals surface area contributed by atoms with Crippen molar-refractivity contribution in [2.45, 2.75) is 19.4 Å². The zero-order valence-corrected chi connectivity index (χ0v) is 9.93. The van der Waals surface area contributed by atoms with Crippen LogP contribution < -0.4 is 5.73 Å². The minimum Gasteiger partial charge on any atom is -0.399 e. The summed E-state index contributed by atoms with van der Waals surface area (Å²) >= 11 is 0. The Bertz CT molecular complexity index is 512. The highest BCUT2D eigenvalue weighted by Gasteiger charge is 2.15. The highest BCUT2D eigenvalue weighted by atomic mass is 16.5. The van der Waals surface area contributed by atoms with Gasteiger partial charge in [0.1, 0.15) is 0 Å². The quantitative estimate of drug-likeness (QED) is 0.806. The van der Waals surface area contributed by atoms with Crippen LogP contribution in [-0.2, 0) is 11.3 Å². The zero-order chi connectivity index (χ0) is 11.7. The van der Waals surface area contributed by atoms with Gasteiger partial charge < -0.3 is 15.0 Å². The second-order valence-corrected chi connectivity index (χ2v) is 4.84. The smallest absolute Gasteiger partial charge is 0.0500 e. The Morgan fingerprint density at radius 3 is 2.88 bits per heavy atom. The lowest BCUT2D eigenvalue weighted by Crippen LogP contribution is -2.20. The van der Waals surface area contributed by atoms with E-state index in [4.69, 9.17) is 10.5 Å². The van der Waals surface area contributed by atoms with Gasteiger partial charge in [-0.15, -0.1) is 0 Å². The number of anilines is 1. The van der Waals surface area contributed by atoms with Crippen LogP contribution in [-0.4, -0.2) is 17.8 Å². The third kappa shape index (κ3) is 2.15. The number of benzene rings is 1. The third-order valence-corrected chi connectivity index (χ3v) is 3.59. The van der Waals surface area contributed by atoms with Crippen LogP contribution >= 0.6 is 0 Å². The average molecular weight is 230 g/mol. The van der Waals surface area contributed by atoms with Crippen molar-refractivity contribution in [3.05, 3.63) is 30.5 Å². The fraction of sp³-hybridized carbons (Fsp3) is 0.429. The molecule has 0 atom stereocenters. The van der Waals surface area contributed by atoms with Gasteiger partial charge in [0.2, 0.25) is 0 Å². The molecule has 1 aromatic carbocycles. The van der Waals surface area contributed by atoms with Crippen molar-refractivity contribution in [1.29, 1.82) is 0 Å². The molecular weight excluding hydrogens is 212 g/mol. The Morgan fingerprint density at radius 1 is 1.24 bits per heavy atom. The maximum Gasteiger partial charge on any atom is 0.0500 e. The Morgan fingerprint density at radius 2 is 2.06 bits per heavy atom. The van der Waals surface area contributed by atoms with E-state index in [1.165, 1.54) is 23.7 Å². The molecule has 1 fully saturated rings. The van der Waals surface area contributed by atoms with Crippen molar-refractivity contribution < 1.29 is 4.74 Å². The maximum absolute atomic E-state index is 5.85. The molecular formula is C14H18N2O. The molecule has 0 aliphatic carbocycles. The highest BCUT2D eigenvalue weighted by molar-refractivity contribution is 5.83. The van der Waals surface area contributed by atoms with E-state index in [1.54, 1.807) is 0 Å². The van der Waals surface area contributed by atoms with Gasteiger partial charge in [0.05, 0.1) is 5.52 Å². The van der Waals surface area contributed by atoms with Crippen molar-refractivity contribution in [2.24, 2.45) is 5.92 Å². The molecule has 1 aliphatic heterocycles. The van der Waals surface area contributed by atoms with Crippen LogP contribution in [0.1, 0.15) is 12.8 Å². The second-order valence-electron chi connectivity index (χ2n) is 4.84. The van der Waals surface area contributed by atoms with E-state index in [9.17, 15) is 0 Å². The number of hydrogen-bond donors (Lipinski definition) is 1. The molecule has 2 aromatic rings. The molecule has 0 unspecified atom stereocenters. The maximum atomic E-state index is 5.85. The molecule has 2 N–H and O–H groups in total. The average Bonchev–Trinajstić information content (AvgIpc) is 2.73. The van der Waals surface area contributed by atoms with Crippen molar-refractivity contribution in [1.82, 2.24) is 4.57 Å². The number of nitrogens with two attached hydrogens (primary N) is 1. The van der Waals surface area contributed by atoms with Gasteiger partial charge in [0.25, 0.3) is 0 Å². The van der Waals surface area contributed by atoms with Gasteiger partial charge in [-0.2, -0.15) is 0 Å². The summed E-state index contributed by atoms with van der Waals surface area (Å²) in [6.45, 7) is 2.90. The van der Waals surface area contributed by atoms with Gasteiger partial charge in [0, 0.05) is 31.6 Å². The Kier molecular flexibility index (Phi) is 2.77. The third-order valence-electron chi connectivity index (χ3n) is 3.59. The first-order chi connectivity index (χ1) is 8.33. The first-order valence-electron chi connectivity index (χ1n) is 6.25. The molecule has 90 valence electrons. The zero-order valence-electron chi connectivity index (χ0n) is 9.93. The van der Waals surface area contributed by atoms with E-state index in [1.807, 2.05) is 6.07 Å². The van der Waals surface area contributed by atoms with E-state index in [-0.39, 0.29) is 0 Å². The largest absolute Gasteiger partial charge is 0.399 e. The van der Waals surface area contributed by atoms with Crippen LogP contribution in [0.2, 0.25) is 0 Å². The predicted octanol–water partition coefficient (Wildman–Crippen LogP) is 2.65. The number of ether oxygens (including phenoxy) is 1.